The van der Waals surface area contributed by atoms with Crippen molar-refractivity contribution >= 4 is 5.97 Å². The van der Waals surface area contributed by atoms with E-state index in [0.29, 0.717) is 6.04 Å². The molecule has 0 saturated heterocycles. The van der Waals surface area contributed by atoms with Gasteiger partial charge in [-0.3, -0.25) is 4.79 Å². The Hall–Kier alpha value is -0.610. The average Bonchev–Trinajstić information content (AvgIpc) is 2.17. The molecule has 3 atom stereocenters. The van der Waals surface area contributed by atoms with E-state index < -0.39 is 5.97 Å². The van der Waals surface area contributed by atoms with E-state index in [2.05, 4.69) is 5.32 Å². The summed E-state index contributed by atoms with van der Waals surface area (Å²) in [6, 6.07) is 0.318. The van der Waals surface area contributed by atoms with Gasteiger partial charge in [0.1, 0.15) is 0 Å². The zero-order chi connectivity index (χ0) is 11.3. The van der Waals surface area contributed by atoms with Gasteiger partial charge in [-0.05, 0) is 39.2 Å². The summed E-state index contributed by atoms with van der Waals surface area (Å²) in [7, 11) is 0. The molecule has 0 aliphatic heterocycles. The molecule has 1 aliphatic rings. The van der Waals surface area contributed by atoms with Crippen molar-refractivity contribution < 1.29 is 15.0 Å². The Balaban J connectivity index is 2.21. The van der Waals surface area contributed by atoms with Gasteiger partial charge in [-0.15, -0.1) is 0 Å². The van der Waals surface area contributed by atoms with Crippen molar-refractivity contribution in [3.63, 3.8) is 0 Å². The third-order valence-electron chi connectivity index (χ3n) is 3.02. The summed E-state index contributed by atoms with van der Waals surface area (Å²) < 4.78 is 0. The van der Waals surface area contributed by atoms with Gasteiger partial charge in [0.2, 0.25) is 0 Å². The van der Waals surface area contributed by atoms with Crippen molar-refractivity contribution in [1.82, 2.24) is 5.32 Å². The van der Waals surface area contributed by atoms with Gasteiger partial charge in [0.15, 0.2) is 0 Å². The highest BCUT2D eigenvalue weighted by Gasteiger charge is 2.26. The molecule has 0 spiro atoms. The molecule has 1 fully saturated rings. The average molecular weight is 215 g/mol. The smallest absolute Gasteiger partial charge is 0.306 e. The summed E-state index contributed by atoms with van der Waals surface area (Å²) in [6.45, 7) is 2.54. The fourth-order valence-electron chi connectivity index (χ4n) is 2.10. The number of hydrogen-bond donors (Lipinski definition) is 3. The van der Waals surface area contributed by atoms with Gasteiger partial charge in [-0.1, -0.05) is 6.42 Å². The van der Waals surface area contributed by atoms with Gasteiger partial charge in [0, 0.05) is 6.04 Å². The molecular weight excluding hydrogens is 194 g/mol. The first-order valence-corrected chi connectivity index (χ1v) is 5.74. The van der Waals surface area contributed by atoms with E-state index in [4.69, 9.17) is 10.2 Å². The Morgan fingerprint density at radius 2 is 2.27 bits per heavy atom. The summed E-state index contributed by atoms with van der Waals surface area (Å²) in [5.74, 6) is -0.847. The number of aliphatic hydroxyl groups excluding tert-OH is 1. The van der Waals surface area contributed by atoms with E-state index in [9.17, 15) is 4.79 Å². The fraction of sp³-hybridized carbons (Fsp3) is 0.909. The topological polar surface area (TPSA) is 69.6 Å². The van der Waals surface area contributed by atoms with Gasteiger partial charge in [0.05, 0.1) is 12.0 Å². The van der Waals surface area contributed by atoms with Crippen LogP contribution >= 0.6 is 0 Å². The van der Waals surface area contributed by atoms with Crippen molar-refractivity contribution in [3.05, 3.63) is 0 Å². The number of carboxylic acids is 1. The van der Waals surface area contributed by atoms with Crippen molar-refractivity contribution in [3.8, 4) is 0 Å². The van der Waals surface area contributed by atoms with Crippen molar-refractivity contribution in [2.45, 2.75) is 51.2 Å². The summed E-state index contributed by atoms with van der Waals surface area (Å²) in [6.07, 6.45) is 4.04. The molecule has 4 heteroatoms. The van der Waals surface area contributed by atoms with E-state index in [-0.39, 0.29) is 12.0 Å². The molecule has 1 saturated carbocycles. The number of rotatable bonds is 5. The number of aliphatic carboxylic acids is 1. The third kappa shape index (κ3) is 4.62. The number of aliphatic hydroxyl groups is 1. The second-order valence-corrected chi connectivity index (χ2v) is 4.49. The molecule has 4 nitrogen and oxygen atoms in total. The highest BCUT2D eigenvalue weighted by molar-refractivity contribution is 5.70. The number of nitrogens with one attached hydrogen (secondary N) is 1. The van der Waals surface area contributed by atoms with Gasteiger partial charge < -0.3 is 15.5 Å². The Morgan fingerprint density at radius 1 is 1.53 bits per heavy atom. The lowest BCUT2D eigenvalue weighted by atomic mass is 9.86. The van der Waals surface area contributed by atoms with Crippen LogP contribution < -0.4 is 5.32 Å². The zero-order valence-electron chi connectivity index (χ0n) is 9.28. The summed E-state index contributed by atoms with van der Waals surface area (Å²) in [5, 5.41) is 21.3. The highest BCUT2D eigenvalue weighted by Crippen LogP contribution is 2.24. The van der Waals surface area contributed by atoms with Crippen molar-refractivity contribution in [2.75, 3.05) is 6.54 Å². The van der Waals surface area contributed by atoms with Crippen LogP contribution in [0.2, 0.25) is 0 Å². The number of hydrogen-bond acceptors (Lipinski definition) is 3. The first-order chi connectivity index (χ1) is 7.09. The Kier molecular flexibility index (Phi) is 5.05. The van der Waals surface area contributed by atoms with Crippen LogP contribution in [0.4, 0.5) is 0 Å². The van der Waals surface area contributed by atoms with Crippen LogP contribution in [0.3, 0.4) is 0 Å². The SMILES string of the molecule is CC(O)CCNC1CCCC(C(=O)O)C1. The first kappa shape index (κ1) is 12.5. The number of carboxylic acid groups (broad SMARTS) is 1. The molecule has 0 aromatic heterocycles. The molecule has 1 aliphatic carbocycles. The van der Waals surface area contributed by atoms with E-state index in [0.717, 1.165) is 38.6 Å². The van der Waals surface area contributed by atoms with E-state index in [1.54, 1.807) is 6.92 Å². The molecule has 0 heterocycles. The Morgan fingerprint density at radius 3 is 2.87 bits per heavy atom. The maximum Gasteiger partial charge on any atom is 0.306 e. The molecule has 3 N–H and O–H groups in total. The van der Waals surface area contributed by atoms with Crippen LogP contribution in [-0.4, -0.2) is 34.9 Å². The molecule has 0 bridgehead atoms. The van der Waals surface area contributed by atoms with Crippen molar-refractivity contribution in [2.24, 2.45) is 5.92 Å². The minimum Gasteiger partial charge on any atom is -0.481 e. The van der Waals surface area contributed by atoms with Gasteiger partial charge in [0.25, 0.3) is 0 Å². The van der Waals surface area contributed by atoms with E-state index in [1.807, 2.05) is 0 Å². The molecule has 0 amide bonds. The van der Waals surface area contributed by atoms with E-state index in [1.165, 1.54) is 0 Å². The highest BCUT2D eigenvalue weighted by atomic mass is 16.4. The summed E-state index contributed by atoms with van der Waals surface area (Å²) in [5.41, 5.74) is 0. The minimum absolute atomic E-state index is 0.178. The van der Waals surface area contributed by atoms with E-state index >= 15 is 0 Å². The first-order valence-electron chi connectivity index (χ1n) is 5.74. The summed E-state index contributed by atoms with van der Waals surface area (Å²) >= 11 is 0. The van der Waals surface area contributed by atoms with Gasteiger partial charge in [-0.25, -0.2) is 0 Å². The quantitative estimate of drug-likeness (QED) is 0.639. The minimum atomic E-state index is -0.669. The van der Waals surface area contributed by atoms with Gasteiger partial charge in [-0.2, -0.15) is 0 Å². The van der Waals surface area contributed by atoms with Crippen LogP contribution in [0.25, 0.3) is 0 Å². The second kappa shape index (κ2) is 6.08. The molecule has 0 aromatic rings. The molecule has 1 rings (SSSR count). The van der Waals surface area contributed by atoms with Crippen LogP contribution in [0, 0.1) is 5.92 Å². The fourth-order valence-corrected chi connectivity index (χ4v) is 2.10. The predicted octanol–water partition coefficient (Wildman–Crippen LogP) is 0.990. The van der Waals surface area contributed by atoms with Crippen LogP contribution in [0.1, 0.15) is 39.0 Å². The molecule has 88 valence electrons. The lowest BCUT2D eigenvalue weighted by Gasteiger charge is -2.27. The molecule has 0 aromatic carbocycles. The lowest BCUT2D eigenvalue weighted by Crippen LogP contribution is -2.37. The number of carbonyl (C=O) groups is 1. The Bertz CT molecular complexity index is 206. The van der Waals surface area contributed by atoms with Crippen LogP contribution in [0.5, 0.6) is 0 Å². The van der Waals surface area contributed by atoms with Crippen LogP contribution in [0.15, 0.2) is 0 Å². The third-order valence-corrected chi connectivity index (χ3v) is 3.02. The lowest BCUT2D eigenvalue weighted by molar-refractivity contribution is -0.143. The maximum atomic E-state index is 10.8. The Labute approximate surface area is 90.7 Å². The zero-order valence-corrected chi connectivity index (χ0v) is 9.28. The normalized spacial score (nSPS) is 28.7. The maximum absolute atomic E-state index is 10.8. The standard InChI is InChI=1S/C11H21NO3/c1-8(13)5-6-12-10-4-2-3-9(7-10)11(14)15/h8-10,12-13H,2-7H2,1H3,(H,14,15). The van der Waals surface area contributed by atoms with Crippen LogP contribution in [-0.2, 0) is 4.79 Å². The molecule has 15 heavy (non-hydrogen) atoms. The molecule has 3 unspecified atom stereocenters. The largest absolute Gasteiger partial charge is 0.481 e. The molecular formula is C11H21NO3. The predicted molar refractivity (Wildman–Crippen MR) is 57.7 cm³/mol. The van der Waals surface area contributed by atoms with Crippen molar-refractivity contribution in [1.29, 1.82) is 0 Å². The second-order valence-electron chi connectivity index (χ2n) is 4.49. The monoisotopic (exact) mass is 215 g/mol. The molecule has 0 radical (unpaired) electrons. The summed E-state index contributed by atoms with van der Waals surface area (Å²) in [4.78, 5) is 10.8. The van der Waals surface area contributed by atoms with Gasteiger partial charge >= 0.3 is 5.97 Å².